The molecule has 0 aliphatic carbocycles. The van der Waals surface area contributed by atoms with E-state index >= 15 is 0 Å². The van der Waals surface area contributed by atoms with E-state index in [-0.39, 0.29) is 17.7 Å². The lowest BCUT2D eigenvalue weighted by Crippen LogP contribution is -2.17. The van der Waals surface area contributed by atoms with Crippen molar-refractivity contribution in [3.05, 3.63) is 35.4 Å². The summed E-state index contributed by atoms with van der Waals surface area (Å²) in [5, 5.41) is 0. The normalized spacial score (nSPS) is 12.0. The summed E-state index contributed by atoms with van der Waals surface area (Å²) < 4.78 is 5.02. The van der Waals surface area contributed by atoms with Crippen LogP contribution in [0.3, 0.4) is 0 Å². The zero-order chi connectivity index (χ0) is 22.0. The molecule has 0 fully saturated rings. The van der Waals surface area contributed by atoms with Crippen molar-refractivity contribution in [2.24, 2.45) is 0 Å². The van der Waals surface area contributed by atoms with Crippen LogP contribution in [0.25, 0.3) is 0 Å². The maximum atomic E-state index is 12.3. The van der Waals surface area contributed by atoms with Gasteiger partial charge in [-0.25, -0.2) is 0 Å². The fourth-order valence-electron chi connectivity index (χ4n) is 4.21. The van der Waals surface area contributed by atoms with E-state index < -0.39 is 0 Å². The summed E-state index contributed by atoms with van der Waals surface area (Å²) in [4.78, 5) is 24.2. The second kappa shape index (κ2) is 17.1. The topological polar surface area (TPSA) is 43.4 Å². The number of carbonyl (C=O) groups is 2. The Hall–Kier alpha value is -1.64. The molecule has 0 spiro atoms. The fraction of sp³-hybridized carbons (Fsp3) is 0.704. The van der Waals surface area contributed by atoms with Gasteiger partial charge in [-0.15, -0.1) is 0 Å². The molecule has 1 unspecified atom stereocenters. The molecule has 0 aliphatic rings. The van der Waals surface area contributed by atoms with Crippen molar-refractivity contribution in [3.8, 4) is 0 Å². The van der Waals surface area contributed by atoms with Crippen LogP contribution in [-0.4, -0.2) is 18.9 Å². The minimum Gasteiger partial charge on any atom is -0.469 e. The maximum absolute atomic E-state index is 12.3. The number of unbranched alkanes of at least 4 members (excludes halogenated alkanes) is 13. The Labute approximate surface area is 185 Å². The summed E-state index contributed by atoms with van der Waals surface area (Å²) in [5.41, 5.74) is 1.45. The quantitative estimate of drug-likeness (QED) is 0.138. The monoisotopic (exact) mass is 416 g/mol. The summed E-state index contributed by atoms with van der Waals surface area (Å²) in [5.74, 6) is -0.578. The Morgan fingerprint density at radius 2 is 1.23 bits per heavy atom. The molecule has 0 N–H and O–H groups in total. The summed E-state index contributed by atoms with van der Waals surface area (Å²) >= 11 is 0. The average Bonchev–Trinajstić information content (AvgIpc) is 2.76. The van der Waals surface area contributed by atoms with Crippen LogP contribution in [0, 0.1) is 0 Å². The Morgan fingerprint density at radius 1 is 0.767 bits per heavy atom. The summed E-state index contributed by atoms with van der Waals surface area (Å²) in [7, 11) is 1.43. The third-order valence-electron chi connectivity index (χ3n) is 6.05. The molecule has 0 heterocycles. The lowest BCUT2D eigenvalue weighted by molar-refractivity contribution is -0.142. The highest BCUT2D eigenvalue weighted by atomic mass is 16.5. The number of esters is 1. The zero-order valence-electron chi connectivity index (χ0n) is 19.7. The van der Waals surface area contributed by atoms with Crippen molar-refractivity contribution in [3.63, 3.8) is 0 Å². The minimum absolute atomic E-state index is 0.000428. The molecule has 0 radical (unpaired) electrons. The molecular weight excluding hydrogens is 372 g/mol. The van der Waals surface area contributed by atoms with Crippen molar-refractivity contribution < 1.29 is 14.3 Å². The van der Waals surface area contributed by atoms with Crippen LogP contribution < -0.4 is 0 Å². The fourth-order valence-corrected chi connectivity index (χ4v) is 4.21. The number of ether oxygens (including phenoxy) is 1. The van der Waals surface area contributed by atoms with Gasteiger partial charge in [-0.1, -0.05) is 121 Å². The van der Waals surface area contributed by atoms with Gasteiger partial charge in [0.1, 0.15) is 0 Å². The van der Waals surface area contributed by atoms with E-state index in [1.54, 1.807) is 13.0 Å². The van der Waals surface area contributed by atoms with Gasteiger partial charge in [0.05, 0.1) is 13.0 Å². The molecule has 0 saturated heterocycles. The highest BCUT2D eigenvalue weighted by Crippen LogP contribution is 2.27. The molecule has 3 heteroatoms. The van der Waals surface area contributed by atoms with E-state index in [4.69, 9.17) is 4.74 Å². The van der Waals surface area contributed by atoms with E-state index in [2.05, 4.69) is 6.92 Å². The van der Waals surface area contributed by atoms with Gasteiger partial charge in [-0.3, -0.25) is 9.59 Å². The van der Waals surface area contributed by atoms with E-state index in [0.717, 1.165) is 24.8 Å². The van der Waals surface area contributed by atoms with E-state index in [9.17, 15) is 9.59 Å². The lowest BCUT2D eigenvalue weighted by Gasteiger charge is -2.17. The molecule has 1 aromatic rings. The number of carbonyl (C=O) groups excluding carboxylic acids is 2. The van der Waals surface area contributed by atoms with E-state index in [0.29, 0.717) is 5.56 Å². The molecule has 0 amide bonds. The van der Waals surface area contributed by atoms with Gasteiger partial charge in [0, 0.05) is 5.56 Å². The Morgan fingerprint density at radius 3 is 1.70 bits per heavy atom. The zero-order valence-corrected chi connectivity index (χ0v) is 19.7. The molecular formula is C27H44O3. The summed E-state index contributed by atoms with van der Waals surface area (Å²) in [6.07, 6.45) is 19.2. The smallest absolute Gasteiger partial charge is 0.313 e. The third kappa shape index (κ3) is 10.9. The van der Waals surface area contributed by atoms with Crippen molar-refractivity contribution in [1.82, 2.24) is 0 Å². The van der Waals surface area contributed by atoms with Crippen molar-refractivity contribution >= 4 is 11.8 Å². The molecule has 0 aromatic heterocycles. The van der Waals surface area contributed by atoms with Crippen molar-refractivity contribution in [2.45, 2.75) is 116 Å². The van der Waals surface area contributed by atoms with Crippen LogP contribution in [0.4, 0.5) is 0 Å². The predicted molar refractivity (Wildman–Crippen MR) is 126 cm³/mol. The lowest BCUT2D eigenvalue weighted by atomic mass is 9.88. The number of Topliss-reactive ketones (excluding diaryl/α,β-unsaturated/α-hetero) is 1. The summed E-state index contributed by atoms with van der Waals surface area (Å²) in [6.45, 7) is 3.82. The van der Waals surface area contributed by atoms with E-state index in [1.807, 2.05) is 18.2 Å². The van der Waals surface area contributed by atoms with Crippen LogP contribution in [0.1, 0.15) is 132 Å². The van der Waals surface area contributed by atoms with Crippen LogP contribution in [-0.2, 0) is 9.53 Å². The SMILES string of the molecule is CCCCCCCCCCCCCCCCC(C(=O)OC)c1ccccc1C(C)=O. The van der Waals surface area contributed by atoms with Gasteiger partial charge < -0.3 is 4.74 Å². The van der Waals surface area contributed by atoms with Crippen LogP contribution in [0.15, 0.2) is 24.3 Å². The highest BCUT2D eigenvalue weighted by molar-refractivity contribution is 5.97. The minimum atomic E-state index is -0.340. The largest absolute Gasteiger partial charge is 0.469 e. The number of benzene rings is 1. The Kier molecular flexibility index (Phi) is 15.0. The number of ketones is 1. The standard InChI is InChI=1S/C27H44O3/c1-4-5-6-7-8-9-10-11-12-13-14-15-16-17-22-26(27(29)30-3)25-21-19-18-20-24(25)23(2)28/h18-21,26H,4-17,22H2,1-3H3. The number of hydrogen-bond donors (Lipinski definition) is 0. The first-order valence-corrected chi connectivity index (χ1v) is 12.3. The molecule has 1 aromatic carbocycles. The van der Waals surface area contributed by atoms with Gasteiger partial charge in [-0.05, 0) is 18.9 Å². The van der Waals surface area contributed by atoms with Gasteiger partial charge in [0.15, 0.2) is 5.78 Å². The number of hydrogen-bond acceptors (Lipinski definition) is 3. The molecule has 3 nitrogen and oxygen atoms in total. The number of methoxy groups -OCH3 is 1. The Bertz CT molecular complexity index is 594. The molecule has 0 bridgehead atoms. The predicted octanol–water partition coefficient (Wildman–Crippen LogP) is 8.02. The molecule has 1 atom stereocenters. The van der Waals surface area contributed by atoms with Crippen molar-refractivity contribution in [1.29, 1.82) is 0 Å². The molecule has 1 rings (SSSR count). The van der Waals surface area contributed by atoms with Crippen molar-refractivity contribution in [2.75, 3.05) is 7.11 Å². The second-order valence-corrected chi connectivity index (χ2v) is 8.60. The van der Waals surface area contributed by atoms with E-state index in [1.165, 1.54) is 84.2 Å². The van der Waals surface area contributed by atoms with Gasteiger partial charge in [0.2, 0.25) is 0 Å². The first kappa shape index (κ1) is 26.4. The highest BCUT2D eigenvalue weighted by Gasteiger charge is 2.24. The number of rotatable bonds is 18. The van der Waals surface area contributed by atoms with Crippen LogP contribution in [0.2, 0.25) is 0 Å². The maximum Gasteiger partial charge on any atom is 0.313 e. The molecule has 170 valence electrons. The van der Waals surface area contributed by atoms with Gasteiger partial charge in [0.25, 0.3) is 0 Å². The third-order valence-corrected chi connectivity index (χ3v) is 6.05. The molecule has 0 saturated carbocycles. The van der Waals surface area contributed by atoms with Gasteiger partial charge in [-0.2, -0.15) is 0 Å². The average molecular weight is 417 g/mol. The second-order valence-electron chi connectivity index (χ2n) is 8.60. The van der Waals surface area contributed by atoms with Gasteiger partial charge >= 0.3 is 5.97 Å². The summed E-state index contributed by atoms with van der Waals surface area (Å²) in [6, 6.07) is 7.44. The molecule has 0 aliphatic heterocycles. The molecule has 30 heavy (non-hydrogen) atoms. The van der Waals surface area contributed by atoms with Crippen LogP contribution in [0.5, 0.6) is 0 Å². The first-order valence-electron chi connectivity index (χ1n) is 12.3. The Balaban J connectivity index is 2.19. The first-order chi connectivity index (χ1) is 14.6. The van der Waals surface area contributed by atoms with Crippen LogP contribution >= 0.6 is 0 Å².